The summed E-state index contributed by atoms with van der Waals surface area (Å²) in [7, 11) is 0. The lowest BCUT2D eigenvalue weighted by Crippen LogP contribution is -2.30. The van der Waals surface area contributed by atoms with Gasteiger partial charge in [0.1, 0.15) is 5.58 Å². The Kier molecular flexibility index (Phi) is 3.25. The predicted molar refractivity (Wildman–Crippen MR) is 80.0 cm³/mol. The number of carbonyl (C=O) groups is 1. The molecule has 0 radical (unpaired) electrons. The lowest BCUT2D eigenvalue weighted by atomic mass is 10.2. The molecule has 1 amide bonds. The van der Waals surface area contributed by atoms with E-state index in [9.17, 15) is 4.79 Å². The molecule has 3 aromatic rings. The van der Waals surface area contributed by atoms with Gasteiger partial charge in [0, 0.05) is 17.6 Å². The van der Waals surface area contributed by atoms with Gasteiger partial charge in [0.05, 0.1) is 0 Å². The summed E-state index contributed by atoms with van der Waals surface area (Å²) in [4.78, 5) is 14.3. The summed E-state index contributed by atoms with van der Waals surface area (Å²) >= 11 is 0. The first-order chi connectivity index (χ1) is 9.79. The molecule has 0 saturated heterocycles. The van der Waals surface area contributed by atoms with E-state index >= 15 is 0 Å². The summed E-state index contributed by atoms with van der Waals surface area (Å²) in [6.45, 7) is 2.55. The molecule has 3 heteroatoms. The minimum atomic E-state index is -0.116. The normalized spacial score (nSPS) is 10.7. The van der Waals surface area contributed by atoms with Crippen LogP contribution in [0.25, 0.3) is 11.0 Å². The van der Waals surface area contributed by atoms with Crippen molar-refractivity contribution in [2.24, 2.45) is 0 Å². The van der Waals surface area contributed by atoms with E-state index in [4.69, 9.17) is 4.42 Å². The zero-order valence-corrected chi connectivity index (χ0v) is 11.2. The van der Waals surface area contributed by atoms with Crippen LogP contribution < -0.4 is 4.90 Å². The Balaban J connectivity index is 1.98. The van der Waals surface area contributed by atoms with Crippen LogP contribution in [0, 0.1) is 0 Å². The molecule has 1 aromatic heterocycles. The lowest BCUT2D eigenvalue weighted by Gasteiger charge is -2.19. The van der Waals surface area contributed by atoms with E-state index in [0.29, 0.717) is 12.3 Å². The van der Waals surface area contributed by atoms with Gasteiger partial charge in [0.2, 0.25) is 0 Å². The zero-order chi connectivity index (χ0) is 13.9. The molecular formula is C17H15NO2. The fraction of sp³-hybridized carbons (Fsp3) is 0.118. The Morgan fingerprint density at radius 3 is 2.45 bits per heavy atom. The van der Waals surface area contributed by atoms with Crippen LogP contribution in [0.4, 0.5) is 5.69 Å². The fourth-order valence-corrected chi connectivity index (χ4v) is 2.27. The largest absolute Gasteiger partial charge is 0.451 e. The van der Waals surface area contributed by atoms with Crippen molar-refractivity contribution in [3.05, 3.63) is 66.4 Å². The van der Waals surface area contributed by atoms with Crippen molar-refractivity contribution in [1.82, 2.24) is 0 Å². The summed E-state index contributed by atoms with van der Waals surface area (Å²) in [5.74, 6) is 0.256. The van der Waals surface area contributed by atoms with Crippen molar-refractivity contribution in [2.75, 3.05) is 11.4 Å². The van der Waals surface area contributed by atoms with Crippen LogP contribution in [-0.2, 0) is 0 Å². The van der Waals surface area contributed by atoms with Crippen LogP contribution >= 0.6 is 0 Å². The third-order valence-corrected chi connectivity index (χ3v) is 3.27. The first-order valence-electron chi connectivity index (χ1n) is 6.65. The van der Waals surface area contributed by atoms with E-state index in [1.54, 1.807) is 11.0 Å². The molecule has 0 bridgehead atoms. The molecule has 100 valence electrons. The van der Waals surface area contributed by atoms with Gasteiger partial charge in [-0.2, -0.15) is 0 Å². The van der Waals surface area contributed by atoms with Gasteiger partial charge in [-0.05, 0) is 31.2 Å². The third-order valence-electron chi connectivity index (χ3n) is 3.27. The van der Waals surface area contributed by atoms with Gasteiger partial charge in [-0.3, -0.25) is 4.79 Å². The smallest absolute Gasteiger partial charge is 0.294 e. The van der Waals surface area contributed by atoms with Crippen molar-refractivity contribution in [2.45, 2.75) is 6.92 Å². The average Bonchev–Trinajstić information content (AvgIpc) is 2.93. The van der Waals surface area contributed by atoms with Gasteiger partial charge in [0.15, 0.2) is 5.76 Å². The number of hydrogen-bond acceptors (Lipinski definition) is 2. The number of anilines is 1. The van der Waals surface area contributed by atoms with Crippen LogP contribution in [0.1, 0.15) is 17.5 Å². The van der Waals surface area contributed by atoms with Crippen LogP contribution in [0.15, 0.2) is 65.1 Å². The van der Waals surface area contributed by atoms with E-state index in [1.807, 2.05) is 61.5 Å². The summed E-state index contributed by atoms with van der Waals surface area (Å²) in [6.07, 6.45) is 0. The maximum atomic E-state index is 12.6. The van der Waals surface area contributed by atoms with Crippen LogP contribution in [0.3, 0.4) is 0 Å². The fourth-order valence-electron chi connectivity index (χ4n) is 2.27. The molecule has 20 heavy (non-hydrogen) atoms. The van der Waals surface area contributed by atoms with Crippen LogP contribution in [0.5, 0.6) is 0 Å². The van der Waals surface area contributed by atoms with Crippen molar-refractivity contribution in [1.29, 1.82) is 0 Å². The highest BCUT2D eigenvalue weighted by Gasteiger charge is 2.19. The van der Waals surface area contributed by atoms with Crippen molar-refractivity contribution in [3.8, 4) is 0 Å². The second-order valence-corrected chi connectivity index (χ2v) is 4.53. The first kappa shape index (κ1) is 12.5. The summed E-state index contributed by atoms with van der Waals surface area (Å²) < 4.78 is 5.64. The molecule has 3 nitrogen and oxygen atoms in total. The minimum Gasteiger partial charge on any atom is -0.451 e. The molecule has 0 fully saturated rings. The molecule has 0 aliphatic rings. The minimum absolute atomic E-state index is 0.116. The summed E-state index contributed by atoms with van der Waals surface area (Å²) in [5, 5.41) is 0.944. The second kappa shape index (κ2) is 5.21. The van der Waals surface area contributed by atoms with Crippen molar-refractivity contribution in [3.63, 3.8) is 0 Å². The van der Waals surface area contributed by atoms with Gasteiger partial charge < -0.3 is 9.32 Å². The monoisotopic (exact) mass is 265 g/mol. The molecule has 2 aromatic carbocycles. The van der Waals surface area contributed by atoms with Crippen LogP contribution in [0.2, 0.25) is 0 Å². The summed E-state index contributed by atoms with van der Waals surface area (Å²) in [6, 6.07) is 19.0. The highest BCUT2D eigenvalue weighted by atomic mass is 16.3. The zero-order valence-electron chi connectivity index (χ0n) is 11.2. The number of furan rings is 1. The Morgan fingerprint density at radius 2 is 1.75 bits per heavy atom. The highest BCUT2D eigenvalue weighted by molar-refractivity contribution is 6.06. The number of rotatable bonds is 3. The van der Waals surface area contributed by atoms with Gasteiger partial charge >= 0.3 is 0 Å². The van der Waals surface area contributed by atoms with E-state index in [1.165, 1.54) is 0 Å². The third kappa shape index (κ3) is 2.18. The second-order valence-electron chi connectivity index (χ2n) is 4.53. The number of fused-ring (bicyclic) bond motifs is 1. The number of para-hydroxylation sites is 2. The molecule has 3 rings (SSSR count). The SMILES string of the molecule is CCN(C(=O)c1cc2ccccc2o1)c1ccccc1. The molecule has 0 saturated carbocycles. The lowest BCUT2D eigenvalue weighted by molar-refractivity contribution is 0.0964. The van der Waals surface area contributed by atoms with Gasteiger partial charge in [-0.25, -0.2) is 0 Å². The van der Waals surface area contributed by atoms with E-state index in [-0.39, 0.29) is 5.91 Å². The Morgan fingerprint density at radius 1 is 1.05 bits per heavy atom. The van der Waals surface area contributed by atoms with Gasteiger partial charge in [-0.1, -0.05) is 36.4 Å². The van der Waals surface area contributed by atoms with Crippen LogP contribution in [-0.4, -0.2) is 12.5 Å². The molecule has 0 unspecified atom stereocenters. The number of hydrogen-bond donors (Lipinski definition) is 0. The number of carbonyl (C=O) groups excluding carboxylic acids is 1. The van der Waals surface area contributed by atoms with Crippen molar-refractivity contribution < 1.29 is 9.21 Å². The number of benzene rings is 2. The predicted octanol–water partition coefficient (Wildman–Crippen LogP) is 4.10. The molecule has 0 aliphatic heterocycles. The quantitative estimate of drug-likeness (QED) is 0.714. The molecule has 0 N–H and O–H groups in total. The molecule has 0 atom stereocenters. The maximum absolute atomic E-state index is 12.6. The number of amides is 1. The van der Waals surface area contributed by atoms with Gasteiger partial charge in [0.25, 0.3) is 5.91 Å². The Labute approximate surface area is 117 Å². The van der Waals surface area contributed by atoms with E-state index in [0.717, 1.165) is 16.7 Å². The molecule has 0 aliphatic carbocycles. The van der Waals surface area contributed by atoms with Gasteiger partial charge in [-0.15, -0.1) is 0 Å². The molecular weight excluding hydrogens is 250 g/mol. The first-order valence-corrected chi connectivity index (χ1v) is 6.65. The molecule has 1 heterocycles. The molecule has 0 spiro atoms. The standard InChI is InChI=1S/C17H15NO2/c1-2-18(14-9-4-3-5-10-14)17(19)16-12-13-8-6-7-11-15(13)20-16/h3-12H,2H2,1H3. The Bertz CT molecular complexity index is 698. The van der Waals surface area contributed by atoms with E-state index < -0.39 is 0 Å². The highest BCUT2D eigenvalue weighted by Crippen LogP contribution is 2.22. The topological polar surface area (TPSA) is 33.5 Å². The van der Waals surface area contributed by atoms with Crippen molar-refractivity contribution >= 4 is 22.6 Å². The van der Waals surface area contributed by atoms with E-state index in [2.05, 4.69) is 0 Å². The maximum Gasteiger partial charge on any atom is 0.294 e. The Hall–Kier alpha value is -2.55. The summed E-state index contributed by atoms with van der Waals surface area (Å²) in [5.41, 5.74) is 1.61. The average molecular weight is 265 g/mol. The number of nitrogens with zero attached hydrogens (tertiary/aromatic N) is 1.